The van der Waals surface area contributed by atoms with Gasteiger partial charge in [-0.15, -0.1) is 0 Å². The van der Waals surface area contributed by atoms with Crippen LogP contribution in [0.5, 0.6) is 0 Å². The number of rotatable bonds is 0. The molecule has 3 heteroatoms. The number of hydrogen-bond donors (Lipinski definition) is 0. The molecule has 0 aromatic carbocycles. The fourth-order valence-corrected chi connectivity index (χ4v) is 0.888. The summed E-state index contributed by atoms with van der Waals surface area (Å²) in [5, 5.41) is 0. The van der Waals surface area contributed by atoms with Crippen LogP contribution in [0, 0.1) is 6.92 Å². The monoisotopic (exact) mass is 134 g/mol. The van der Waals surface area contributed by atoms with Crippen LogP contribution in [0.1, 0.15) is 5.76 Å². The third-order valence-corrected chi connectivity index (χ3v) is 1.29. The zero-order chi connectivity index (χ0) is 6.97. The van der Waals surface area contributed by atoms with E-state index in [1.165, 1.54) is 0 Å². The van der Waals surface area contributed by atoms with E-state index in [0.717, 1.165) is 11.3 Å². The summed E-state index contributed by atoms with van der Waals surface area (Å²) in [5.74, 6) is 0.848. The van der Waals surface area contributed by atoms with Crippen LogP contribution in [0.2, 0.25) is 0 Å². The Morgan fingerprint density at radius 3 is 2.90 bits per heavy atom. The number of hydrogen-bond acceptors (Lipinski definition) is 3. The van der Waals surface area contributed by atoms with Crippen LogP contribution < -0.4 is 0 Å². The van der Waals surface area contributed by atoms with Crippen molar-refractivity contribution in [3.8, 4) is 0 Å². The summed E-state index contributed by atoms with van der Waals surface area (Å²) in [7, 11) is 0. The van der Waals surface area contributed by atoms with Crippen molar-refractivity contribution >= 4 is 11.2 Å². The van der Waals surface area contributed by atoms with E-state index in [9.17, 15) is 0 Å². The average molecular weight is 134 g/mol. The summed E-state index contributed by atoms with van der Waals surface area (Å²) in [6, 6.07) is 1.86. The van der Waals surface area contributed by atoms with Crippen LogP contribution in [-0.4, -0.2) is 9.97 Å². The van der Waals surface area contributed by atoms with E-state index in [-0.39, 0.29) is 0 Å². The van der Waals surface area contributed by atoms with Gasteiger partial charge in [0, 0.05) is 18.5 Å². The van der Waals surface area contributed by atoms with Crippen LogP contribution in [0.15, 0.2) is 22.9 Å². The highest BCUT2D eigenvalue weighted by Crippen LogP contribution is 2.11. The van der Waals surface area contributed by atoms with E-state index in [1.807, 2.05) is 13.0 Å². The highest BCUT2D eigenvalue weighted by molar-refractivity contribution is 5.67. The van der Waals surface area contributed by atoms with Crippen LogP contribution in [0.4, 0.5) is 0 Å². The molecule has 0 aliphatic rings. The normalized spacial score (nSPS) is 10.5. The minimum Gasteiger partial charge on any atom is -0.442 e. The van der Waals surface area contributed by atoms with Crippen molar-refractivity contribution in [3.05, 3.63) is 24.2 Å². The van der Waals surface area contributed by atoms with Gasteiger partial charge in [-0.2, -0.15) is 0 Å². The lowest BCUT2D eigenvalue weighted by Gasteiger charge is -1.80. The van der Waals surface area contributed by atoms with Gasteiger partial charge in [0.1, 0.15) is 11.3 Å². The molecule has 0 aliphatic heterocycles. The molecular weight excluding hydrogens is 128 g/mol. The Balaban J connectivity index is 2.88. The van der Waals surface area contributed by atoms with Gasteiger partial charge in [0.05, 0.1) is 0 Å². The van der Waals surface area contributed by atoms with E-state index in [2.05, 4.69) is 9.97 Å². The molecular formula is C7H6N2O. The Kier molecular flexibility index (Phi) is 0.974. The van der Waals surface area contributed by atoms with E-state index in [4.69, 9.17) is 4.42 Å². The van der Waals surface area contributed by atoms with Crippen molar-refractivity contribution in [2.45, 2.75) is 6.92 Å². The second kappa shape index (κ2) is 1.80. The minimum atomic E-state index is 0.611. The zero-order valence-corrected chi connectivity index (χ0v) is 5.53. The van der Waals surface area contributed by atoms with Gasteiger partial charge in [0.15, 0.2) is 0 Å². The second-order valence-electron chi connectivity index (χ2n) is 2.10. The highest BCUT2D eigenvalue weighted by Gasteiger charge is 1.98. The molecule has 0 N–H and O–H groups in total. The molecule has 2 aromatic rings. The van der Waals surface area contributed by atoms with Gasteiger partial charge in [0.25, 0.3) is 0 Å². The summed E-state index contributed by atoms with van der Waals surface area (Å²) in [4.78, 5) is 8.02. The third-order valence-electron chi connectivity index (χ3n) is 1.29. The van der Waals surface area contributed by atoms with Gasteiger partial charge in [-0.05, 0) is 6.92 Å². The van der Waals surface area contributed by atoms with Crippen LogP contribution in [0.25, 0.3) is 11.2 Å². The first kappa shape index (κ1) is 5.41. The molecule has 2 aromatic heterocycles. The molecule has 0 unspecified atom stereocenters. The number of aromatic nitrogens is 2. The number of furan rings is 1. The van der Waals surface area contributed by atoms with E-state index in [0.29, 0.717) is 5.71 Å². The molecule has 3 nitrogen and oxygen atoms in total. The molecule has 2 rings (SSSR count). The first-order valence-corrected chi connectivity index (χ1v) is 3.03. The predicted octanol–water partition coefficient (Wildman–Crippen LogP) is 1.53. The molecule has 0 saturated heterocycles. The fraction of sp³-hybridized carbons (Fsp3) is 0.143. The van der Waals surface area contributed by atoms with Crippen LogP contribution >= 0.6 is 0 Å². The molecule has 50 valence electrons. The van der Waals surface area contributed by atoms with E-state index in [1.54, 1.807) is 12.4 Å². The van der Waals surface area contributed by atoms with Crippen molar-refractivity contribution < 1.29 is 4.42 Å². The highest BCUT2D eigenvalue weighted by atomic mass is 16.3. The molecule has 0 spiro atoms. The smallest absolute Gasteiger partial charge is 0.245 e. The average Bonchev–Trinajstić information content (AvgIpc) is 2.27. The second-order valence-corrected chi connectivity index (χ2v) is 2.10. The van der Waals surface area contributed by atoms with E-state index < -0.39 is 0 Å². The lowest BCUT2D eigenvalue weighted by molar-refractivity contribution is 0.567. The van der Waals surface area contributed by atoms with Crippen molar-refractivity contribution in [2.75, 3.05) is 0 Å². The standard InChI is InChI=1S/C7H6N2O/c1-5-4-6-7(10-5)9-3-2-8-6/h2-4H,1H3. The number of nitrogens with zero attached hydrogens (tertiary/aromatic N) is 2. The molecule has 0 saturated carbocycles. The lowest BCUT2D eigenvalue weighted by atomic mass is 10.5. The maximum absolute atomic E-state index is 5.19. The summed E-state index contributed by atoms with van der Waals surface area (Å²) in [6.07, 6.45) is 3.27. The van der Waals surface area contributed by atoms with Crippen molar-refractivity contribution in [1.82, 2.24) is 9.97 Å². The first-order chi connectivity index (χ1) is 4.86. The summed E-state index contributed by atoms with van der Waals surface area (Å²) in [6.45, 7) is 1.88. The quantitative estimate of drug-likeness (QED) is 0.548. The summed E-state index contributed by atoms with van der Waals surface area (Å²) < 4.78 is 5.19. The first-order valence-electron chi connectivity index (χ1n) is 3.03. The molecule has 10 heavy (non-hydrogen) atoms. The third kappa shape index (κ3) is 0.673. The SMILES string of the molecule is Cc1cc2nccnc2o1. The summed E-state index contributed by atoms with van der Waals surface area (Å²) in [5.41, 5.74) is 1.43. The zero-order valence-electron chi connectivity index (χ0n) is 5.53. The molecule has 2 heterocycles. The summed E-state index contributed by atoms with van der Waals surface area (Å²) >= 11 is 0. The molecule has 0 atom stereocenters. The lowest BCUT2D eigenvalue weighted by Crippen LogP contribution is -1.73. The molecule has 0 fully saturated rings. The Bertz CT molecular complexity index is 320. The maximum atomic E-state index is 5.19. The molecule has 0 bridgehead atoms. The Labute approximate surface area is 57.7 Å². The fourth-order valence-electron chi connectivity index (χ4n) is 0.888. The largest absolute Gasteiger partial charge is 0.442 e. The van der Waals surface area contributed by atoms with Crippen molar-refractivity contribution in [3.63, 3.8) is 0 Å². The van der Waals surface area contributed by atoms with Gasteiger partial charge in [-0.3, -0.25) is 0 Å². The van der Waals surface area contributed by atoms with E-state index >= 15 is 0 Å². The van der Waals surface area contributed by atoms with Crippen molar-refractivity contribution in [2.24, 2.45) is 0 Å². The molecule has 0 radical (unpaired) electrons. The van der Waals surface area contributed by atoms with Gasteiger partial charge in [-0.1, -0.05) is 0 Å². The van der Waals surface area contributed by atoms with Gasteiger partial charge < -0.3 is 4.42 Å². The Hall–Kier alpha value is -1.38. The van der Waals surface area contributed by atoms with Gasteiger partial charge >= 0.3 is 0 Å². The Morgan fingerprint density at radius 2 is 2.10 bits per heavy atom. The molecule has 0 amide bonds. The van der Waals surface area contributed by atoms with Gasteiger partial charge in [0.2, 0.25) is 5.71 Å². The maximum Gasteiger partial charge on any atom is 0.245 e. The Morgan fingerprint density at radius 1 is 1.30 bits per heavy atom. The number of aryl methyl sites for hydroxylation is 1. The topological polar surface area (TPSA) is 38.9 Å². The molecule has 0 aliphatic carbocycles. The predicted molar refractivity (Wildman–Crippen MR) is 36.5 cm³/mol. The van der Waals surface area contributed by atoms with Gasteiger partial charge in [-0.25, -0.2) is 9.97 Å². The van der Waals surface area contributed by atoms with Crippen LogP contribution in [0.3, 0.4) is 0 Å². The van der Waals surface area contributed by atoms with Crippen molar-refractivity contribution in [1.29, 1.82) is 0 Å². The van der Waals surface area contributed by atoms with Crippen LogP contribution in [-0.2, 0) is 0 Å². The minimum absolute atomic E-state index is 0.611. The number of fused-ring (bicyclic) bond motifs is 1.